The summed E-state index contributed by atoms with van der Waals surface area (Å²) in [5.74, 6) is 5.09. The second-order valence-corrected chi connectivity index (χ2v) is 4.85. The lowest BCUT2D eigenvalue weighted by molar-refractivity contribution is -0.384. The van der Waals surface area contributed by atoms with E-state index >= 15 is 0 Å². The maximum atomic E-state index is 11.6. The fraction of sp³-hybridized carbons (Fsp3) is 0.250. The molecule has 1 rings (SSSR count). The van der Waals surface area contributed by atoms with E-state index in [1.54, 1.807) is 6.92 Å². The largest absolute Gasteiger partial charge is 0.318 e. The number of nitro benzene ring substituents is 1. The van der Waals surface area contributed by atoms with Crippen molar-refractivity contribution in [2.75, 3.05) is 12.0 Å². The molecule has 0 fully saturated rings. The molecule has 0 bridgehead atoms. The van der Waals surface area contributed by atoms with E-state index in [1.165, 1.54) is 12.1 Å². The number of hydrogen-bond acceptors (Lipinski definition) is 6. The zero-order chi connectivity index (χ0) is 13.1. The van der Waals surface area contributed by atoms with Crippen LogP contribution in [0.15, 0.2) is 23.1 Å². The molecule has 94 valence electrons. The number of anilines is 1. The molecule has 1 aromatic carbocycles. The molecule has 0 aliphatic carbocycles. The molecule has 0 aliphatic heterocycles. The Balaban J connectivity index is 3.31. The number of nitrogens with two attached hydrogens (primary N) is 1. The lowest BCUT2D eigenvalue weighted by Gasteiger charge is -2.06. The van der Waals surface area contributed by atoms with Gasteiger partial charge in [0, 0.05) is 12.6 Å². The molecule has 0 aromatic heterocycles. The van der Waals surface area contributed by atoms with Crippen LogP contribution in [0.25, 0.3) is 0 Å². The van der Waals surface area contributed by atoms with E-state index in [2.05, 4.69) is 10.1 Å². The van der Waals surface area contributed by atoms with Gasteiger partial charge in [-0.3, -0.25) is 16.0 Å². The van der Waals surface area contributed by atoms with Crippen LogP contribution >= 0.6 is 0 Å². The number of rotatable bonds is 5. The SMILES string of the molecule is CCNS(=O)(=O)c1ccc(NN)c([N+](=O)[O-])c1. The van der Waals surface area contributed by atoms with E-state index < -0.39 is 20.6 Å². The summed E-state index contributed by atoms with van der Waals surface area (Å²) in [5.41, 5.74) is 1.78. The lowest BCUT2D eigenvalue weighted by atomic mass is 10.3. The number of sulfonamides is 1. The number of nitrogens with zero attached hydrogens (tertiary/aromatic N) is 1. The highest BCUT2D eigenvalue weighted by Crippen LogP contribution is 2.26. The van der Waals surface area contributed by atoms with Crippen molar-refractivity contribution in [3.05, 3.63) is 28.3 Å². The van der Waals surface area contributed by atoms with Crippen LogP contribution in [0.3, 0.4) is 0 Å². The molecule has 9 heteroatoms. The fourth-order valence-corrected chi connectivity index (χ4v) is 2.29. The molecule has 0 radical (unpaired) electrons. The summed E-state index contributed by atoms with van der Waals surface area (Å²) >= 11 is 0. The molecule has 0 heterocycles. The fourth-order valence-electron chi connectivity index (χ4n) is 1.23. The Morgan fingerprint density at radius 1 is 1.47 bits per heavy atom. The van der Waals surface area contributed by atoms with Crippen LogP contribution in [-0.4, -0.2) is 19.9 Å². The first-order valence-electron chi connectivity index (χ1n) is 4.67. The van der Waals surface area contributed by atoms with Crippen LogP contribution < -0.4 is 16.0 Å². The van der Waals surface area contributed by atoms with Gasteiger partial charge in [0.15, 0.2) is 0 Å². The van der Waals surface area contributed by atoms with E-state index in [0.29, 0.717) is 0 Å². The first kappa shape index (κ1) is 13.4. The first-order chi connectivity index (χ1) is 7.92. The number of nitrogen functional groups attached to an aromatic ring is 1. The van der Waals surface area contributed by atoms with E-state index in [-0.39, 0.29) is 17.1 Å². The van der Waals surface area contributed by atoms with Gasteiger partial charge in [-0.1, -0.05) is 6.92 Å². The molecule has 17 heavy (non-hydrogen) atoms. The van der Waals surface area contributed by atoms with E-state index in [1.807, 2.05) is 0 Å². The van der Waals surface area contributed by atoms with Crippen molar-refractivity contribution < 1.29 is 13.3 Å². The van der Waals surface area contributed by atoms with Gasteiger partial charge in [-0.25, -0.2) is 13.1 Å². The maximum absolute atomic E-state index is 11.6. The van der Waals surface area contributed by atoms with Crippen LogP contribution in [0.5, 0.6) is 0 Å². The minimum atomic E-state index is -3.71. The average molecular weight is 260 g/mol. The van der Waals surface area contributed by atoms with Gasteiger partial charge in [0.25, 0.3) is 5.69 Å². The van der Waals surface area contributed by atoms with Gasteiger partial charge in [-0.15, -0.1) is 0 Å². The van der Waals surface area contributed by atoms with Gasteiger partial charge < -0.3 is 5.43 Å². The Hall–Kier alpha value is -1.71. The number of hydrazine groups is 1. The number of nitrogens with one attached hydrogen (secondary N) is 2. The molecule has 1 aromatic rings. The minimum absolute atomic E-state index is 0.0467. The predicted octanol–water partition coefficient (Wildman–Crippen LogP) is 0.179. The van der Waals surface area contributed by atoms with Crippen molar-refractivity contribution >= 4 is 21.4 Å². The Labute approximate surface area is 98.0 Å². The summed E-state index contributed by atoms with van der Waals surface area (Å²) in [5, 5.41) is 10.7. The summed E-state index contributed by atoms with van der Waals surface area (Å²) in [6.45, 7) is 1.81. The highest BCUT2D eigenvalue weighted by Gasteiger charge is 2.20. The third-order valence-corrected chi connectivity index (χ3v) is 3.51. The number of hydrogen-bond donors (Lipinski definition) is 3. The van der Waals surface area contributed by atoms with E-state index in [4.69, 9.17) is 5.84 Å². The normalized spacial score (nSPS) is 11.2. The Morgan fingerprint density at radius 3 is 2.59 bits per heavy atom. The van der Waals surface area contributed by atoms with Crippen LogP contribution in [0.1, 0.15) is 6.92 Å². The van der Waals surface area contributed by atoms with Crippen LogP contribution in [-0.2, 0) is 10.0 Å². The maximum Gasteiger partial charge on any atom is 0.294 e. The summed E-state index contributed by atoms with van der Waals surface area (Å²) < 4.78 is 25.5. The van der Waals surface area contributed by atoms with Crippen LogP contribution in [0.4, 0.5) is 11.4 Å². The van der Waals surface area contributed by atoms with Crippen molar-refractivity contribution in [1.82, 2.24) is 4.72 Å². The van der Waals surface area contributed by atoms with Gasteiger partial charge in [0.2, 0.25) is 10.0 Å². The molecule has 0 atom stereocenters. The summed E-state index contributed by atoms with van der Waals surface area (Å²) in [7, 11) is -3.71. The molecule has 0 unspecified atom stereocenters. The van der Waals surface area contributed by atoms with Gasteiger partial charge in [0.05, 0.1) is 9.82 Å². The zero-order valence-corrected chi connectivity index (χ0v) is 9.82. The highest BCUT2D eigenvalue weighted by atomic mass is 32.2. The van der Waals surface area contributed by atoms with E-state index in [0.717, 1.165) is 6.07 Å². The van der Waals surface area contributed by atoms with Crippen molar-refractivity contribution in [1.29, 1.82) is 0 Å². The topological polar surface area (TPSA) is 127 Å². The summed E-state index contributed by atoms with van der Waals surface area (Å²) in [6, 6.07) is 3.43. The van der Waals surface area contributed by atoms with Crippen molar-refractivity contribution in [3.8, 4) is 0 Å². The third kappa shape index (κ3) is 2.90. The Bertz CT molecular complexity index is 528. The lowest BCUT2D eigenvalue weighted by Crippen LogP contribution is -2.23. The molecule has 0 amide bonds. The van der Waals surface area contributed by atoms with E-state index in [9.17, 15) is 18.5 Å². The smallest absolute Gasteiger partial charge is 0.294 e. The number of benzene rings is 1. The predicted molar refractivity (Wildman–Crippen MR) is 61.8 cm³/mol. The second kappa shape index (κ2) is 5.08. The van der Waals surface area contributed by atoms with Crippen LogP contribution in [0.2, 0.25) is 0 Å². The average Bonchev–Trinajstić information content (AvgIpc) is 2.28. The van der Waals surface area contributed by atoms with Crippen molar-refractivity contribution in [2.24, 2.45) is 5.84 Å². The van der Waals surface area contributed by atoms with Crippen molar-refractivity contribution in [2.45, 2.75) is 11.8 Å². The molecular weight excluding hydrogens is 248 g/mol. The van der Waals surface area contributed by atoms with Gasteiger partial charge in [-0.2, -0.15) is 0 Å². The summed E-state index contributed by atoms with van der Waals surface area (Å²) in [6.07, 6.45) is 0. The van der Waals surface area contributed by atoms with Crippen LogP contribution in [0, 0.1) is 10.1 Å². The molecule has 8 nitrogen and oxygen atoms in total. The quantitative estimate of drug-likeness (QED) is 0.393. The summed E-state index contributed by atoms with van der Waals surface area (Å²) in [4.78, 5) is 9.83. The Morgan fingerprint density at radius 2 is 2.12 bits per heavy atom. The third-order valence-electron chi connectivity index (χ3n) is 1.97. The van der Waals surface area contributed by atoms with Gasteiger partial charge in [0.1, 0.15) is 5.69 Å². The Kier molecular flexibility index (Phi) is 3.99. The van der Waals surface area contributed by atoms with Crippen molar-refractivity contribution in [3.63, 3.8) is 0 Å². The molecule has 4 N–H and O–H groups in total. The van der Waals surface area contributed by atoms with Gasteiger partial charge in [-0.05, 0) is 12.1 Å². The molecular formula is C8H12N4O4S. The minimum Gasteiger partial charge on any atom is -0.318 e. The standard InChI is InChI=1S/C8H12N4O4S/c1-2-10-17(15,16)6-3-4-7(11-9)8(5-6)12(13)14/h3-5,10-11H,2,9H2,1H3. The molecule has 0 saturated carbocycles. The first-order valence-corrected chi connectivity index (χ1v) is 6.15. The number of nitro groups is 1. The second-order valence-electron chi connectivity index (χ2n) is 3.08. The zero-order valence-electron chi connectivity index (χ0n) is 9.00. The highest BCUT2D eigenvalue weighted by molar-refractivity contribution is 7.89. The van der Waals surface area contributed by atoms with Gasteiger partial charge >= 0.3 is 0 Å². The molecule has 0 saturated heterocycles. The molecule has 0 aliphatic rings. The molecule has 0 spiro atoms. The monoisotopic (exact) mass is 260 g/mol.